The van der Waals surface area contributed by atoms with Crippen molar-refractivity contribution in [3.8, 4) is 16.6 Å². The van der Waals surface area contributed by atoms with Crippen LogP contribution in [0.4, 0.5) is 4.79 Å². The highest BCUT2D eigenvalue weighted by Crippen LogP contribution is 2.48. The summed E-state index contributed by atoms with van der Waals surface area (Å²) < 4.78 is 42.2. The number of carbonyl (C=O) groups is 4. The Labute approximate surface area is 374 Å². The molecular weight excluding hydrogens is 843 g/mol. The van der Waals surface area contributed by atoms with Gasteiger partial charge in [0.2, 0.25) is 21.8 Å². The fraction of sp³-hybridized carbons (Fsp3) is 0.652. The number of hydrogen-bond donors (Lipinski definition) is 3. The summed E-state index contributed by atoms with van der Waals surface area (Å²) in [5.41, 5.74) is 1.31. The fourth-order valence-corrected chi connectivity index (χ4v) is 11.6. The fourth-order valence-electron chi connectivity index (χ4n) is 9.39. The van der Waals surface area contributed by atoms with Gasteiger partial charge in [0.05, 0.1) is 22.5 Å². The van der Waals surface area contributed by atoms with Crippen LogP contribution in [-0.4, -0.2) is 92.3 Å². The molecule has 3 aliphatic carbocycles. The molecule has 4 fully saturated rings. The number of ether oxygens (including phenoxy) is 2. The Morgan fingerprint density at radius 1 is 1.02 bits per heavy atom. The van der Waals surface area contributed by atoms with Crippen LogP contribution in [-0.2, 0) is 29.1 Å². The van der Waals surface area contributed by atoms with E-state index in [0.717, 1.165) is 53.0 Å². The summed E-state index contributed by atoms with van der Waals surface area (Å²) in [5, 5.41) is 8.80. The first-order valence-electron chi connectivity index (χ1n) is 22.9. The van der Waals surface area contributed by atoms with Crippen LogP contribution < -0.4 is 20.1 Å². The zero-order chi connectivity index (χ0) is 44.9. The number of sulfonamides is 1. The highest BCUT2D eigenvalue weighted by atomic mass is 32.2. The number of nitrogens with zero attached hydrogens (tertiary/aromatic N) is 4. The van der Waals surface area contributed by atoms with Crippen LogP contribution in [0.2, 0.25) is 0 Å². The van der Waals surface area contributed by atoms with E-state index in [-0.39, 0.29) is 25.4 Å². The van der Waals surface area contributed by atoms with Crippen molar-refractivity contribution in [1.82, 2.24) is 34.8 Å². The van der Waals surface area contributed by atoms with Crippen LogP contribution in [0, 0.1) is 5.92 Å². The third-order valence-electron chi connectivity index (χ3n) is 13.4. The lowest BCUT2D eigenvalue weighted by atomic mass is 9.87. The van der Waals surface area contributed by atoms with Crippen LogP contribution in [0.15, 0.2) is 35.7 Å². The number of allylic oxidation sites excluding steroid dienone is 1. The molecular formula is C46H63N7O8S2. The third-order valence-corrected chi connectivity index (χ3v) is 16.5. The van der Waals surface area contributed by atoms with Gasteiger partial charge in [0, 0.05) is 35.2 Å². The predicted octanol–water partition coefficient (Wildman–Crippen LogP) is 7.42. The van der Waals surface area contributed by atoms with Crippen molar-refractivity contribution >= 4 is 56.2 Å². The molecule has 3 aromatic rings. The van der Waals surface area contributed by atoms with E-state index in [4.69, 9.17) is 19.4 Å². The standard InChI is InChI=1S/C46H63N7O8S2/c1-28(2)53-35-21-15-19-32(39-47-34(27-62-39)29-16-11-10-12-17-29)37(35)49-42(53)60-31-24-36-38(54)50-46(41(56)51-63(58,59)45(6)22-23-45)25-30(46)18-13-8-7-9-14-20-33(40(55)52(36)26-31)48-43(57)61-44(3,4)5/h13,15,18-19,21,27-31,33,36H,7-12,14,16-17,20,22-26H2,1-6H3,(H,48,57)(H,50,54)(H,51,56)/b18-13-/t30?,31-,33+,36+,46-/m1/s1. The van der Waals surface area contributed by atoms with Gasteiger partial charge in [-0.1, -0.05) is 50.3 Å². The maximum Gasteiger partial charge on any atom is 0.408 e. The monoisotopic (exact) mass is 905 g/mol. The Kier molecular flexibility index (Phi) is 12.5. The number of aromatic nitrogens is 3. The van der Waals surface area contributed by atoms with Gasteiger partial charge in [0.25, 0.3) is 11.9 Å². The number of benzene rings is 1. The number of thiazole rings is 1. The Balaban J connectivity index is 1.11. The first kappa shape index (κ1) is 45.1. The van der Waals surface area contributed by atoms with Crippen molar-refractivity contribution in [3.63, 3.8) is 0 Å². The summed E-state index contributed by atoms with van der Waals surface area (Å²) in [6, 6.07) is 4.17. The predicted molar refractivity (Wildman–Crippen MR) is 241 cm³/mol. The Morgan fingerprint density at radius 3 is 2.46 bits per heavy atom. The van der Waals surface area contributed by atoms with E-state index < -0.39 is 73.8 Å². The van der Waals surface area contributed by atoms with Gasteiger partial charge in [0.15, 0.2) is 0 Å². The van der Waals surface area contributed by atoms with Gasteiger partial charge >= 0.3 is 6.09 Å². The third kappa shape index (κ3) is 9.50. The summed E-state index contributed by atoms with van der Waals surface area (Å²) in [4.78, 5) is 68.3. The van der Waals surface area contributed by atoms with Gasteiger partial charge in [-0.05, 0) is 105 Å². The highest BCUT2D eigenvalue weighted by molar-refractivity contribution is 7.91. The number of fused-ring (bicyclic) bond motifs is 3. The topological polar surface area (TPSA) is 191 Å². The molecule has 1 unspecified atom stereocenters. The molecule has 2 aliphatic heterocycles. The van der Waals surface area contributed by atoms with Crippen molar-refractivity contribution in [2.24, 2.45) is 5.92 Å². The molecule has 342 valence electrons. The molecule has 15 nitrogen and oxygen atoms in total. The minimum Gasteiger partial charge on any atom is -0.459 e. The molecule has 2 aromatic heterocycles. The molecule has 17 heteroatoms. The zero-order valence-electron chi connectivity index (χ0n) is 37.4. The molecule has 1 saturated heterocycles. The lowest BCUT2D eigenvalue weighted by Crippen LogP contribution is -2.58. The van der Waals surface area contributed by atoms with Gasteiger partial charge < -0.3 is 25.0 Å². The summed E-state index contributed by atoms with van der Waals surface area (Å²) in [7, 11) is -4.00. The van der Waals surface area contributed by atoms with Crippen molar-refractivity contribution in [1.29, 1.82) is 0 Å². The summed E-state index contributed by atoms with van der Waals surface area (Å²) in [6.07, 6.45) is 12.7. The highest BCUT2D eigenvalue weighted by Gasteiger charge is 2.63. The number of rotatable bonds is 9. The molecule has 4 amide bonds. The molecule has 3 saturated carbocycles. The lowest BCUT2D eigenvalue weighted by molar-refractivity contribution is -0.141. The average molecular weight is 906 g/mol. The number of hydrogen-bond acceptors (Lipinski definition) is 11. The molecule has 1 aromatic carbocycles. The summed E-state index contributed by atoms with van der Waals surface area (Å²) in [5.74, 6) is -1.85. The smallest absolute Gasteiger partial charge is 0.408 e. The molecule has 0 radical (unpaired) electrons. The van der Waals surface area contributed by atoms with Crippen molar-refractivity contribution in [2.75, 3.05) is 6.54 Å². The second kappa shape index (κ2) is 17.5. The minimum atomic E-state index is -4.00. The molecule has 0 bridgehead atoms. The molecule has 0 spiro atoms. The van der Waals surface area contributed by atoms with Crippen LogP contribution in [0.5, 0.6) is 6.01 Å². The van der Waals surface area contributed by atoms with Crippen LogP contribution in [0.3, 0.4) is 0 Å². The van der Waals surface area contributed by atoms with Gasteiger partial charge in [-0.2, -0.15) is 4.98 Å². The Bertz CT molecular complexity index is 2370. The van der Waals surface area contributed by atoms with Crippen molar-refractivity contribution in [3.05, 3.63) is 41.4 Å². The normalized spacial score (nSPS) is 27.4. The summed E-state index contributed by atoms with van der Waals surface area (Å²) in [6.45, 7) is 10.9. The summed E-state index contributed by atoms with van der Waals surface area (Å²) >= 11 is 1.62. The second-order valence-electron chi connectivity index (χ2n) is 19.8. The maximum atomic E-state index is 14.8. The van der Waals surface area contributed by atoms with Crippen molar-refractivity contribution in [2.45, 2.75) is 177 Å². The molecule has 5 atom stereocenters. The molecule has 3 N–H and O–H groups in total. The van der Waals surface area contributed by atoms with E-state index in [0.29, 0.717) is 44.0 Å². The van der Waals surface area contributed by atoms with Gasteiger partial charge in [-0.3, -0.25) is 23.7 Å². The van der Waals surface area contributed by atoms with Crippen molar-refractivity contribution < 1.29 is 37.1 Å². The van der Waals surface area contributed by atoms with E-state index >= 15 is 0 Å². The molecule has 63 heavy (non-hydrogen) atoms. The van der Waals surface area contributed by atoms with E-state index in [1.807, 2.05) is 48.8 Å². The van der Waals surface area contributed by atoms with Crippen LogP contribution in [0.1, 0.15) is 149 Å². The van der Waals surface area contributed by atoms with E-state index in [1.165, 1.54) is 24.2 Å². The van der Waals surface area contributed by atoms with Crippen LogP contribution in [0.25, 0.3) is 21.6 Å². The number of carbonyl (C=O) groups excluding carboxylic acids is 4. The lowest BCUT2D eigenvalue weighted by Gasteiger charge is -2.30. The maximum absolute atomic E-state index is 14.8. The number of para-hydroxylation sites is 1. The second-order valence-corrected chi connectivity index (χ2v) is 22.9. The van der Waals surface area contributed by atoms with E-state index in [9.17, 15) is 27.6 Å². The van der Waals surface area contributed by atoms with Gasteiger partial charge in [0.1, 0.15) is 39.9 Å². The Morgan fingerprint density at radius 2 is 1.75 bits per heavy atom. The van der Waals surface area contributed by atoms with E-state index in [1.54, 1.807) is 39.0 Å². The molecule has 5 aliphatic rings. The van der Waals surface area contributed by atoms with E-state index in [2.05, 4.69) is 20.7 Å². The quantitative estimate of drug-likeness (QED) is 0.182. The number of alkyl carbamates (subject to hydrolysis) is 1. The minimum absolute atomic E-state index is 0.00985. The molecule has 4 heterocycles. The van der Waals surface area contributed by atoms with Crippen LogP contribution >= 0.6 is 11.3 Å². The number of nitrogens with one attached hydrogen (secondary N) is 3. The molecule has 8 rings (SSSR count). The Hall–Kier alpha value is -4.51. The number of amides is 4. The zero-order valence-corrected chi connectivity index (χ0v) is 39.0. The largest absolute Gasteiger partial charge is 0.459 e. The van der Waals surface area contributed by atoms with Gasteiger partial charge in [-0.15, -0.1) is 11.3 Å². The SMILES string of the molecule is CC(C)n1c(O[C@@H]2C[C@H]3C(=O)N[C@]4(C(=O)NS(=O)(=O)C5(C)CC5)CC4/C=C\CCCCC[C@H](NC(=O)OC(C)(C)C)C(=O)N3C2)nc2c(-c3nc(C4CCCCC4)cs3)cccc21. The first-order chi connectivity index (χ1) is 29.9. The first-order valence-corrected chi connectivity index (χ1v) is 25.2. The number of imidazole rings is 1. The van der Waals surface area contributed by atoms with Gasteiger partial charge in [-0.25, -0.2) is 18.2 Å². The average Bonchev–Trinajstić information content (AvgIpc) is 3.89.